The number of amides is 1. The van der Waals surface area contributed by atoms with Crippen molar-refractivity contribution in [2.24, 2.45) is 0 Å². The fourth-order valence-corrected chi connectivity index (χ4v) is 3.26. The van der Waals surface area contributed by atoms with Crippen molar-refractivity contribution in [1.29, 1.82) is 0 Å². The summed E-state index contributed by atoms with van der Waals surface area (Å²) in [6.45, 7) is 6.68. The van der Waals surface area contributed by atoms with Crippen molar-refractivity contribution in [3.05, 3.63) is 0 Å². The molecule has 0 aliphatic carbocycles. The minimum absolute atomic E-state index is 0.167. The van der Waals surface area contributed by atoms with Crippen LogP contribution >= 0.6 is 0 Å². The molecule has 0 aromatic heterocycles. The standard InChI is InChI=1S/C15H26N2O3/c1-3-20-15(19)13-8-7-11-17(13)12(2)14(18)16-9-5-4-6-10-16/h12-13H,3-11H2,1-2H3. The first kappa shape index (κ1) is 15.3. The molecule has 0 aromatic carbocycles. The van der Waals surface area contributed by atoms with E-state index < -0.39 is 0 Å². The molecule has 1 amide bonds. The van der Waals surface area contributed by atoms with Gasteiger partial charge in [-0.25, -0.2) is 0 Å². The molecule has 2 aliphatic heterocycles. The van der Waals surface area contributed by atoms with E-state index in [1.54, 1.807) is 0 Å². The first-order chi connectivity index (χ1) is 9.65. The SMILES string of the molecule is CCOC(=O)C1CCCN1C(C)C(=O)N1CCCCC1. The molecule has 2 atom stereocenters. The number of nitrogens with zero attached hydrogens (tertiary/aromatic N) is 2. The Labute approximate surface area is 121 Å². The number of esters is 1. The normalized spacial score (nSPS) is 25.5. The molecule has 0 saturated carbocycles. The minimum Gasteiger partial charge on any atom is -0.465 e. The molecule has 5 nitrogen and oxygen atoms in total. The molecule has 0 radical (unpaired) electrons. The number of likely N-dealkylation sites (tertiary alicyclic amines) is 2. The summed E-state index contributed by atoms with van der Waals surface area (Å²) < 4.78 is 5.13. The molecule has 2 aliphatic rings. The van der Waals surface area contributed by atoms with E-state index in [0.717, 1.165) is 45.3 Å². The van der Waals surface area contributed by atoms with Gasteiger partial charge in [0, 0.05) is 13.1 Å². The van der Waals surface area contributed by atoms with E-state index in [1.165, 1.54) is 6.42 Å². The molecule has 20 heavy (non-hydrogen) atoms. The summed E-state index contributed by atoms with van der Waals surface area (Å²) in [7, 11) is 0. The summed E-state index contributed by atoms with van der Waals surface area (Å²) >= 11 is 0. The van der Waals surface area contributed by atoms with Gasteiger partial charge in [-0.3, -0.25) is 14.5 Å². The van der Waals surface area contributed by atoms with Crippen LogP contribution in [-0.2, 0) is 14.3 Å². The minimum atomic E-state index is -0.237. The van der Waals surface area contributed by atoms with E-state index >= 15 is 0 Å². The van der Waals surface area contributed by atoms with Crippen LogP contribution in [-0.4, -0.2) is 60.0 Å². The van der Waals surface area contributed by atoms with E-state index in [4.69, 9.17) is 4.74 Å². The molecule has 0 bridgehead atoms. The molecule has 0 N–H and O–H groups in total. The summed E-state index contributed by atoms with van der Waals surface area (Å²) in [5.41, 5.74) is 0. The maximum atomic E-state index is 12.5. The average molecular weight is 282 g/mol. The predicted molar refractivity (Wildman–Crippen MR) is 76.3 cm³/mol. The summed E-state index contributed by atoms with van der Waals surface area (Å²) in [5, 5.41) is 0. The quantitative estimate of drug-likeness (QED) is 0.732. The third-order valence-electron chi connectivity index (χ3n) is 4.38. The predicted octanol–water partition coefficient (Wildman–Crippen LogP) is 1.41. The zero-order chi connectivity index (χ0) is 14.5. The maximum Gasteiger partial charge on any atom is 0.323 e. The molecule has 0 spiro atoms. The lowest BCUT2D eigenvalue weighted by Crippen LogP contribution is -2.52. The molecule has 2 rings (SSSR count). The van der Waals surface area contributed by atoms with Crippen LogP contribution in [0.2, 0.25) is 0 Å². The van der Waals surface area contributed by atoms with Crippen molar-refractivity contribution in [2.45, 2.75) is 58.0 Å². The molecule has 2 fully saturated rings. The van der Waals surface area contributed by atoms with Crippen LogP contribution in [0.4, 0.5) is 0 Å². The summed E-state index contributed by atoms with van der Waals surface area (Å²) in [4.78, 5) is 28.5. The Bertz CT molecular complexity index is 353. The number of rotatable bonds is 4. The number of ether oxygens (including phenoxy) is 1. The van der Waals surface area contributed by atoms with Crippen molar-refractivity contribution in [3.63, 3.8) is 0 Å². The van der Waals surface area contributed by atoms with Crippen molar-refractivity contribution < 1.29 is 14.3 Å². The maximum absolute atomic E-state index is 12.5. The van der Waals surface area contributed by atoms with Crippen LogP contribution in [0, 0.1) is 0 Å². The number of hydrogen-bond donors (Lipinski definition) is 0. The molecule has 114 valence electrons. The Hall–Kier alpha value is -1.10. The molecule has 2 heterocycles. The Kier molecular flexibility index (Phi) is 5.40. The van der Waals surface area contributed by atoms with Gasteiger partial charge in [0.15, 0.2) is 0 Å². The third kappa shape index (κ3) is 3.32. The van der Waals surface area contributed by atoms with Crippen molar-refractivity contribution in [1.82, 2.24) is 9.80 Å². The van der Waals surface area contributed by atoms with Gasteiger partial charge in [0.25, 0.3) is 0 Å². The zero-order valence-electron chi connectivity index (χ0n) is 12.6. The smallest absolute Gasteiger partial charge is 0.323 e. The second-order valence-electron chi connectivity index (χ2n) is 5.71. The lowest BCUT2D eigenvalue weighted by atomic mass is 10.1. The van der Waals surface area contributed by atoms with Crippen LogP contribution in [0.25, 0.3) is 0 Å². The van der Waals surface area contributed by atoms with Gasteiger partial charge in [-0.2, -0.15) is 0 Å². The number of carbonyl (C=O) groups excluding carboxylic acids is 2. The summed E-state index contributed by atoms with van der Waals surface area (Å²) in [5.74, 6) is -0.0100. The van der Waals surface area contributed by atoms with Gasteiger partial charge in [-0.1, -0.05) is 0 Å². The Balaban J connectivity index is 1.97. The van der Waals surface area contributed by atoms with Crippen LogP contribution in [0.1, 0.15) is 46.0 Å². The van der Waals surface area contributed by atoms with E-state index in [-0.39, 0.29) is 24.0 Å². The highest BCUT2D eigenvalue weighted by molar-refractivity contribution is 5.83. The summed E-state index contributed by atoms with van der Waals surface area (Å²) in [6, 6.07) is -0.455. The third-order valence-corrected chi connectivity index (χ3v) is 4.38. The van der Waals surface area contributed by atoms with Gasteiger partial charge in [0.1, 0.15) is 6.04 Å². The fourth-order valence-electron chi connectivity index (χ4n) is 3.26. The topological polar surface area (TPSA) is 49.9 Å². The molecule has 5 heteroatoms. The molecule has 2 unspecified atom stereocenters. The lowest BCUT2D eigenvalue weighted by molar-refractivity contribution is -0.151. The Morgan fingerprint density at radius 2 is 1.85 bits per heavy atom. The molecule has 0 aromatic rings. The zero-order valence-corrected chi connectivity index (χ0v) is 12.6. The van der Waals surface area contributed by atoms with Gasteiger partial charge < -0.3 is 9.64 Å². The van der Waals surface area contributed by atoms with Gasteiger partial charge in [-0.15, -0.1) is 0 Å². The number of piperidine rings is 1. The van der Waals surface area contributed by atoms with E-state index in [1.807, 2.05) is 23.6 Å². The van der Waals surface area contributed by atoms with Crippen LogP contribution in [0.15, 0.2) is 0 Å². The van der Waals surface area contributed by atoms with Gasteiger partial charge in [-0.05, 0) is 52.5 Å². The van der Waals surface area contributed by atoms with Crippen molar-refractivity contribution in [2.75, 3.05) is 26.2 Å². The van der Waals surface area contributed by atoms with Crippen LogP contribution in [0.5, 0.6) is 0 Å². The Morgan fingerprint density at radius 3 is 2.50 bits per heavy atom. The second kappa shape index (κ2) is 7.07. The van der Waals surface area contributed by atoms with Gasteiger partial charge in [0.05, 0.1) is 12.6 Å². The fraction of sp³-hybridized carbons (Fsp3) is 0.867. The number of hydrogen-bond acceptors (Lipinski definition) is 4. The lowest BCUT2D eigenvalue weighted by Gasteiger charge is -2.34. The van der Waals surface area contributed by atoms with E-state index in [0.29, 0.717) is 6.61 Å². The first-order valence-electron chi connectivity index (χ1n) is 7.86. The largest absolute Gasteiger partial charge is 0.465 e. The highest BCUT2D eigenvalue weighted by Crippen LogP contribution is 2.23. The number of carbonyl (C=O) groups is 2. The van der Waals surface area contributed by atoms with E-state index in [9.17, 15) is 9.59 Å². The highest BCUT2D eigenvalue weighted by atomic mass is 16.5. The average Bonchev–Trinajstić information content (AvgIpc) is 2.96. The molecular formula is C15H26N2O3. The van der Waals surface area contributed by atoms with Crippen LogP contribution in [0.3, 0.4) is 0 Å². The second-order valence-corrected chi connectivity index (χ2v) is 5.71. The van der Waals surface area contributed by atoms with Gasteiger partial charge in [0.2, 0.25) is 5.91 Å². The monoisotopic (exact) mass is 282 g/mol. The van der Waals surface area contributed by atoms with Gasteiger partial charge >= 0.3 is 5.97 Å². The summed E-state index contributed by atoms with van der Waals surface area (Å²) in [6.07, 6.45) is 5.17. The van der Waals surface area contributed by atoms with Crippen molar-refractivity contribution in [3.8, 4) is 0 Å². The highest BCUT2D eigenvalue weighted by Gasteiger charge is 2.38. The molecular weight excluding hydrogens is 256 g/mol. The Morgan fingerprint density at radius 1 is 1.15 bits per heavy atom. The molecule has 2 saturated heterocycles. The van der Waals surface area contributed by atoms with Crippen molar-refractivity contribution >= 4 is 11.9 Å². The first-order valence-corrected chi connectivity index (χ1v) is 7.86. The van der Waals surface area contributed by atoms with E-state index in [2.05, 4.69) is 0 Å². The van der Waals surface area contributed by atoms with Crippen LogP contribution < -0.4 is 0 Å².